The number of amides is 1. The number of hydrogen-bond donors (Lipinski definition) is 1. The van der Waals surface area contributed by atoms with Crippen LogP contribution in [0.5, 0.6) is 0 Å². The molecule has 0 saturated carbocycles. The second-order valence-electron chi connectivity index (χ2n) is 5.66. The SMILES string of the molecule is CCCNC(=O)C1=CC(C)C(N2CCSc3ccccc32)S1. The van der Waals surface area contributed by atoms with Crippen LogP contribution in [0.2, 0.25) is 0 Å². The van der Waals surface area contributed by atoms with Crippen LogP contribution in [0.25, 0.3) is 0 Å². The van der Waals surface area contributed by atoms with Crippen molar-refractivity contribution in [3.8, 4) is 0 Å². The summed E-state index contributed by atoms with van der Waals surface area (Å²) in [5.41, 5.74) is 1.31. The summed E-state index contributed by atoms with van der Waals surface area (Å²) < 4.78 is 0. The lowest BCUT2D eigenvalue weighted by molar-refractivity contribution is -0.116. The van der Waals surface area contributed by atoms with Crippen molar-refractivity contribution in [1.82, 2.24) is 5.32 Å². The number of hydrogen-bond acceptors (Lipinski definition) is 4. The number of rotatable bonds is 4. The molecular weight excluding hydrogens is 312 g/mol. The number of fused-ring (bicyclic) bond motifs is 1. The molecule has 1 amide bonds. The first kappa shape index (κ1) is 15.8. The van der Waals surface area contributed by atoms with Crippen molar-refractivity contribution in [3.05, 3.63) is 35.2 Å². The quantitative estimate of drug-likeness (QED) is 0.909. The number of para-hydroxylation sites is 1. The van der Waals surface area contributed by atoms with Gasteiger partial charge in [0.1, 0.15) is 0 Å². The van der Waals surface area contributed by atoms with Gasteiger partial charge in [0, 0.05) is 29.7 Å². The molecule has 1 aromatic carbocycles. The summed E-state index contributed by atoms with van der Waals surface area (Å²) in [4.78, 5) is 16.9. The van der Waals surface area contributed by atoms with Crippen LogP contribution in [0.3, 0.4) is 0 Å². The van der Waals surface area contributed by atoms with Gasteiger partial charge >= 0.3 is 0 Å². The number of carbonyl (C=O) groups is 1. The molecular formula is C17H22N2OS2. The van der Waals surface area contributed by atoms with Gasteiger partial charge in [0.25, 0.3) is 5.91 Å². The molecule has 5 heteroatoms. The molecule has 118 valence electrons. The Labute approximate surface area is 140 Å². The Balaban J connectivity index is 1.74. The van der Waals surface area contributed by atoms with Crippen LogP contribution in [0.4, 0.5) is 5.69 Å². The molecule has 0 aliphatic carbocycles. The number of thioether (sulfide) groups is 2. The zero-order valence-electron chi connectivity index (χ0n) is 13.0. The van der Waals surface area contributed by atoms with E-state index in [-0.39, 0.29) is 5.91 Å². The van der Waals surface area contributed by atoms with E-state index in [1.807, 2.05) is 11.8 Å². The average molecular weight is 335 g/mol. The Morgan fingerprint density at radius 3 is 3.05 bits per heavy atom. The number of nitrogens with zero attached hydrogens (tertiary/aromatic N) is 1. The highest BCUT2D eigenvalue weighted by molar-refractivity contribution is 8.05. The first-order valence-corrected chi connectivity index (χ1v) is 9.72. The molecule has 1 aromatic rings. The third kappa shape index (κ3) is 3.15. The molecule has 0 bridgehead atoms. The van der Waals surface area contributed by atoms with Crippen molar-refractivity contribution in [3.63, 3.8) is 0 Å². The zero-order valence-corrected chi connectivity index (χ0v) is 14.7. The maximum Gasteiger partial charge on any atom is 0.257 e. The lowest BCUT2D eigenvalue weighted by Crippen LogP contribution is -2.39. The first-order chi connectivity index (χ1) is 10.7. The number of anilines is 1. The molecule has 0 radical (unpaired) electrons. The minimum atomic E-state index is 0.0841. The standard InChI is InChI=1S/C17H22N2OS2/c1-3-8-18-16(20)15-11-12(2)17(22-15)19-9-10-21-14-7-5-4-6-13(14)19/h4-7,11-12,17H,3,8-10H2,1-2H3,(H,18,20). The van der Waals surface area contributed by atoms with E-state index in [0.717, 1.165) is 30.2 Å². The van der Waals surface area contributed by atoms with E-state index < -0.39 is 0 Å². The summed E-state index contributed by atoms with van der Waals surface area (Å²) in [6.45, 7) is 6.08. The molecule has 3 nitrogen and oxygen atoms in total. The molecule has 0 saturated heterocycles. The highest BCUT2D eigenvalue weighted by atomic mass is 32.2. The lowest BCUT2D eigenvalue weighted by Gasteiger charge is -2.37. The molecule has 0 fully saturated rings. The molecule has 2 atom stereocenters. The lowest BCUT2D eigenvalue weighted by atomic mass is 10.1. The van der Waals surface area contributed by atoms with Gasteiger partial charge in [-0.1, -0.05) is 43.8 Å². The van der Waals surface area contributed by atoms with Gasteiger partial charge in [0.05, 0.1) is 16.0 Å². The normalized spacial score (nSPS) is 23.9. The van der Waals surface area contributed by atoms with Gasteiger partial charge in [-0.05, 0) is 18.6 Å². The van der Waals surface area contributed by atoms with Crippen molar-refractivity contribution >= 4 is 35.1 Å². The summed E-state index contributed by atoms with van der Waals surface area (Å²) in [5, 5.41) is 3.31. The minimum Gasteiger partial charge on any atom is -0.357 e. The molecule has 0 aromatic heterocycles. The Kier molecular flexibility index (Phi) is 5.03. The highest BCUT2D eigenvalue weighted by Gasteiger charge is 2.35. The van der Waals surface area contributed by atoms with Gasteiger partial charge in [-0.3, -0.25) is 4.79 Å². The van der Waals surface area contributed by atoms with Crippen LogP contribution in [0.1, 0.15) is 20.3 Å². The van der Waals surface area contributed by atoms with E-state index in [2.05, 4.69) is 54.4 Å². The van der Waals surface area contributed by atoms with E-state index in [0.29, 0.717) is 11.3 Å². The van der Waals surface area contributed by atoms with E-state index in [1.54, 1.807) is 11.8 Å². The molecule has 3 rings (SSSR count). The summed E-state index contributed by atoms with van der Waals surface area (Å²) in [6, 6.07) is 8.59. The van der Waals surface area contributed by atoms with E-state index in [4.69, 9.17) is 0 Å². The van der Waals surface area contributed by atoms with Crippen LogP contribution in [-0.2, 0) is 4.79 Å². The van der Waals surface area contributed by atoms with Gasteiger partial charge < -0.3 is 10.2 Å². The van der Waals surface area contributed by atoms with Crippen molar-refractivity contribution in [1.29, 1.82) is 0 Å². The molecule has 0 spiro atoms. The van der Waals surface area contributed by atoms with Gasteiger partial charge in [0.15, 0.2) is 0 Å². The van der Waals surface area contributed by atoms with Crippen molar-refractivity contribution in [2.45, 2.75) is 30.5 Å². The highest BCUT2D eigenvalue weighted by Crippen LogP contribution is 2.44. The maximum atomic E-state index is 12.2. The van der Waals surface area contributed by atoms with Crippen molar-refractivity contribution in [2.75, 3.05) is 23.7 Å². The number of carbonyl (C=O) groups excluding carboxylic acids is 1. The van der Waals surface area contributed by atoms with Gasteiger partial charge in [0.2, 0.25) is 0 Å². The molecule has 2 aliphatic heterocycles. The largest absolute Gasteiger partial charge is 0.357 e. The monoisotopic (exact) mass is 334 g/mol. The topological polar surface area (TPSA) is 32.3 Å². The molecule has 2 heterocycles. The van der Waals surface area contributed by atoms with Gasteiger partial charge in [-0.2, -0.15) is 0 Å². The third-order valence-corrected chi connectivity index (χ3v) is 6.49. The van der Waals surface area contributed by atoms with Gasteiger partial charge in [-0.15, -0.1) is 11.8 Å². The Hall–Kier alpha value is -1.07. The Bertz CT molecular complexity index is 588. The number of nitrogens with one attached hydrogen (secondary N) is 1. The Morgan fingerprint density at radius 2 is 2.23 bits per heavy atom. The molecule has 22 heavy (non-hydrogen) atoms. The number of benzene rings is 1. The fourth-order valence-corrected chi connectivity index (χ4v) is 5.24. The summed E-state index contributed by atoms with van der Waals surface area (Å²) in [5.74, 6) is 1.57. The van der Waals surface area contributed by atoms with Crippen LogP contribution in [0.15, 0.2) is 40.1 Å². The third-order valence-electron chi connectivity index (χ3n) is 3.94. The first-order valence-electron chi connectivity index (χ1n) is 7.86. The maximum absolute atomic E-state index is 12.2. The summed E-state index contributed by atoms with van der Waals surface area (Å²) in [6.07, 6.45) is 3.10. The predicted octanol–water partition coefficient (Wildman–Crippen LogP) is 3.72. The van der Waals surface area contributed by atoms with Crippen molar-refractivity contribution in [2.24, 2.45) is 5.92 Å². The fraction of sp³-hybridized carbons (Fsp3) is 0.471. The van der Waals surface area contributed by atoms with E-state index in [1.165, 1.54) is 10.6 Å². The van der Waals surface area contributed by atoms with E-state index >= 15 is 0 Å². The molecule has 2 unspecified atom stereocenters. The van der Waals surface area contributed by atoms with Crippen molar-refractivity contribution < 1.29 is 4.79 Å². The molecule has 2 aliphatic rings. The smallest absolute Gasteiger partial charge is 0.257 e. The second kappa shape index (κ2) is 7.01. The predicted molar refractivity (Wildman–Crippen MR) is 96.4 cm³/mol. The fourth-order valence-electron chi connectivity index (χ4n) is 2.86. The summed E-state index contributed by atoms with van der Waals surface area (Å²) >= 11 is 3.64. The van der Waals surface area contributed by atoms with Gasteiger partial charge in [-0.25, -0.2) is 0 Å². The van der Waals surface area contributed by atoms with Crippen LogP contribution in [-0.4, -0.2) is 30.1 Å². The second-order valence-corrected chi connectivity index (χ2v) is 7.96. The zero-order chi connectivity index (χ0) is 15.5. The Morgan fingerprint density at radius 1 is 1.41 bits per heavy atom. The van der Waals surface area contributed by atoms with Crippen LogP contribution in [0, 0.1) is 5.92 Å². The average Bonchev–Trinajstić information content (AvgIpc) is 2.94. The summed E-state index contributed by atoms with van der Waals surface area (Å²) in [7, 11) is 0. The van der Waals surface area contributed by atoms with Crippen LogP contribution >= 0.6 is 23.5 Å². The van der Waals surface area contributed by atoms with E-state index in [9.17, 15) is 4.79 Å². The molecule has 1 N–H and O–H groups in total. The minimum absolute atomic E-state index is 0.0841. The van der Waals surface area contributed by atoms with Crippen LogP contribution < -0.4 is 10.2 Å².